The normalized spacial score (nSPS) is 10.8. The summed E-state index contributed by atoms with van der Waals surface area (Å²) in [6.07, 6.45) is 3.92. The molecule has 2 heterocycles. The fourth-order valence-electron chi connectivity index (χ4n) is 2.73. The molecular formula is C21H15Cl2N3O2. The van der Waals surface area contributed by atoms with Crippen LogP contribution in [0.1, 0.15) is 0 Å². The number of rotatable bonds is 5. The van der Waals surface area contributed by atoms with Gasteiger partial charge in [-0.05, 0) is 42.5 Å². The number of imidazole rings is 1. The van der Waals surface area contributed by atoms with E-state index in [0.717, 1.165) is 16.9 Å². The number of nitrogens with one attached hydrogen (secondary N) is 1. The van der Waals surface area contributed by atoms with Crippen molar-refractivity contribution in [3.63, 3.8) is 0 Å². The van der Waals surface area contributed by atoms with E-state index in [1.165, 1.54) is 0 Å². The Morgan fingerprint density at radius 2 is 1.89 bits per heavy atom. The number of carbonyl (C=O) groups excluding carboxylic acids is 1. The molecule has 0 fully saturated rings. The largest absolute Gasteiger partial charge is 0.482 e. The first-order chi connectivity index (χ1) is 13.6. The number of hydrogen-bond donors (Lipinski definition) is 1. The number of fused-ring (bicyclic) bond motifs is 1. The SMILES string of the molecule is O=C(COc1ccc(Cl)cc1Cl)Nc1ccc(-c2cn3ccccc3n2)cc1. The van der Waals surface area contributed by atoms with Gasteiger partial charge in [0.05, 0.1) is 10.7 Å². The number of hydrogen-bond acceptors (Lipinski definition) is 3. The van der Waals surface area contributed by atoms with Gasteiger partial charge in [-0.15, -0.1) is 0 Å². The molecule has 1 amide bonds. The second-order valence-corrected chi connectivity index (χ2v) is 6.92. The molecule has 2 aromatic carbocycles. The van der Waals surface area contributed by atoms with Crippen molar-refractivity contribution in [2.45, 2.75) is 0 Å². The summed E-state index contributed by atoms with van der Waals surface area (Å²) in [7, 11) is 0. The zero-order chi connectivity index (χ0) is 19.5. The van der Waals surface area contributed by atoms with E-state index in [1.807, 2.05) is 59.3 Å². The van der Waals surface area contributed by atoms with E-state index in [0.29, 0.717) is 21.5 Å². The van der Waals surface area contributed by atoms with E-state index in [4.69, 9.17) is 27.9 Å². The Labute approximate surface area is 171 Å². The van der Waals surface area contributed by atoms with E-state index in [9.17, 15) is 4.79 Å². The van der Waals surface area contributed by atoms with Gasteiger partial charge in [-0.2, -0.15) is 0 Å². The lowest BCUT2D eigenvalue weighted by Gasteiger charge is -2.09. The molecule has 140 valence electrons. The van der Waals surface area contributed by atoms with Crippen LogP contribution < -0.4 is 10.1 Å². The summed E-state index contributed by atoms with van der Waals surface area (Å²) in [5, 5.41) is 3.65. The van der Waals surface area contributed by atoms with E-state index in [1.54, 1.807) is 18.2 Å². The standard InChI is InChI=1S/C21H15Cl2N3O2/c22-15-6-9-19(17(23)11-15)28-13-21(27)24-16-7-4-14(5-8-16)18-12-26-10-2-1-3-20(26)25-18/h1-12H,13H2,(H,24,27). The monoisotopic (exact) mass is 411 g/mol. The minimum atomic E-state index is -0.286. The summed E-state index contributed by atoms with van der Waals surface area (Å²) in [5.74, 6) is 0.120. The van der Waals surface area contributed by atoms with E-state index < -0.39 is 0 Å². The van der Waals surface area contributed by atoms with Crippen LogP contribution in [0.3, 0.4) is 0 Å². The topological polar surface area (TPSA) is 55.6 Å². The predicted molar refractivity (Wildman–Crippen MR) is 111 cm³/mol. The zero-order valence-electron chi connectivity index (χ0n) is 14.6. The predicted octanol–water partition coefficient (Wildman–Crippen LogP) is 5.33. The van der Waals surface area contributed by atoms with E-state index >= 15 is 0 Å². The zero-order valence-corrected chi connectivity index (χ0v) is 16.1. The number of aromatic nitrogens is 2. The molecule has 5 nitrogen and oxygen atoms in total. The van der Waals surface area contributed by atoms with Crippen molar-refractivity contribution >= 4 is 40.4 Å². The third kappa shape index (κ3) is 4.11. The Bertz CT molecular complexity index is 1110. The minimum Gasteiger partial charge on any atom is -0.482 e. The van der Waals surface area contributed by atoms with Crippen LogP contribution in [0.25, 0.3) is 16.9 Å². The fourth-order valence-corrected chi connectivity index (χ4v) is 3.19. The molecule has 0 aliphatic rings. The lowest BCUT2D eigenvalue weighted by atomic mass is 10.1. The number of ether oxygens (including phenoxy) is 1. The molecule has 0 bridgehead atoms. The van der Waals surface area contributed by atoms with Crippen LogP contribution in [0.4, 0.5) is 5.69 Å². The van der Waals surface area contributed by atoms with Gasteiger partial charge in [-0.25, -0.2) is 4.98 Å². The molecule has 0 unspecified atom stereocenters. The van der Waals surface area contributed by atoms with Crippen LogP contribution in [-0.2, 0) is 4.79 Å². The molecule has 0 atom stereocenters. The van der Waals surface area contributed by atoms with Crippen molar-refractivity contribution < 1.29 is 9.53 Å². The number of halogens is 2. The average Bonchev–Trinajstić information content (AvgIpc) is 3.12. The molecule has 0 aliphatic heterocycles. The number of pyridine rings is 1. The first-order valence-corrected chi connectivity index (χ1v) is 9.26. The molecule has 2 aromatic heterocycles. The Kier molecular flexibility index (Phi) is 5.19. The van der Waals surface area contributed by atoms with Gasteiger partial charge in [0.2, 0.25) is 0 Å². The summed E-state index contributed by atoms with van der Waals surface area (Å²) in [6, 6.07) is 18.2. The number of carbonyl (C=O) groups is 1. The van der Waals surface area contributed by atoms with Crippen molar-refractivity contribution in [3.8, 4) is 17.0 Å². The first kappa shape index (κ1) is 18.3. The second-order valence-electron chi connectivity index (χ2n) is 6.08. The third-order valence-electron chi connectivity index (χ3n) is 4.08. The molecule has 1 N–H and O–H groups in total. The lowest BCUT2D eigenvalue weighted by Crippen LogP contribution is -2.20. The van der Waals surface area contributed by atoms with Crippen LogP contribution in [-0.4, -0.2) is 21.9 Å². The molecule has 0 saturated heterocycles. The Balaban J connectivity index is 1.39. The van der Waals surface area contributed by atoms with Crippen molar-refractivity contribution in [1.82, 2.24) is 9.38 Å². The van der Waals surface area contributed by atoms with Gasteiger partial charge in [0.15, 0.2) is 6.61 Å². The van der Waals surface area contributed by atoms with Crippen LogP contribution in [0, 0.1) is 0 Å². The summed E-state index contributed by atoms with van der Waals surface area (Å²) < 4.78 is 7.40. The summed E-state index contributed by atoms with van der Waals surface area (Å²) in [6.45, 7) is -0.157. The molecule has 0 saturated carbocycles. The Hall–Kier alpha value is -3.02. The third-order valence-corrected chi connectivity index (χ3v) is 4.61. The van der Waals surface area contributed by atoms with Gasteiger partial charge in [0.1, 0.15) is 11.4 Å². The van der Waals surface area contributed by atoms with E-state index in [-0.39, 0.29) is 12.5 Å². The second kappa shape index (κ2) is 7.92. The molecule has 28 heavy (non-hydrogen) atoms. The van der Waals surface area contributed by atoms with Crippen molar-refractivity contribution in [1.29, 1.82) is 0 Å². The lowest BCUT2D eigenvalue weighted by molar-refractivity contribution is -0.118. The molecule has 4 aromatic rings. The average molecular weight is 412 g/mol. The van der Waals surface area contributed by atoms with Gasteiger partial charge >= 0.3 is 0 Å². The summed E-state index contributed by atoms with van der Waals surface area (Å²) in [4.78, 5) is 16.7. The summed E-state index contributed by atoms with van der Waals surface area (Å²) in [5.41, 5.74) is 3.38. The maximum absolute atomic E-state index is 12.1. The Morgan fingerprint density at radius 3 is 2.64 bits per heavy atom. The minimum absolute atomic E-state index is 0.157. The molecule has 0 radical (unpaired) electrons. The van der Waals surface area contributed by atoms with Gasteiger partial charge in [0.25, 0.3) is 5.91 Å². The number of amides is 1. The van der Waals surface area contributed by atoms with Crippen LogP contribution in [0.15, 0.2) is 73.1 Å². The fraction of sp³-hybridized carbons (Fsp3) is 0.0476. The number of benzene rings is 2. The number of nitrogens with zero attached hydrogens (tertiary/aromatic N) is 2. The van der Waals surface area contributed by atoms with E-state index in [2.05, 4.69) is 10.3 Å². The van der Waals surface area contributed by atoms with Crippen LogP contribution in [0.5, 0.6) is 5.75 Å². The number of anilines is 1. The highest BCUT2D eigenvalue weighted by Gasteiger charge is 2.08. The molecule has 0 aliphatic carbocycles. The van der Waals surface area contributed by atoms with Gasteiger partial charge in [0, 0.05) is 28.7 Å². The van der Waals surface area contributed by atoms with Gasteiger partial charge in [-0.1, -0.05) is 41.4 Å². The smallest absolute Gasteiger partial charge is 0.262 e. The Morgan fingerprint density at radius 1 is 1.07 bits per heavy atom. The van der Waals surface area contributed by atoms with Gasteiger partial charge in [-0.3, -0.25) is 4.79 Å². The van der Waals surface area contributed by atoms with Gasteiger partial charge < -0.3 is 14.5 Å². The first-order valence-electron chi connectivity index (χ1n) is 8.50. The van der Waals surface area contributed by atoms with Crippen molar-refractivity contribution in [3.05, 3.63) is 83.1 Å². The van der Waals surface area contributed by atoms with Crippen molar-refractivity contribution in [2.75, 3.05) is 11.9 Å². The molecule has 7 heteroatoms. The maximum atomic E-state index is 12.1. The van der Waals surface area contributed by atoms with Crippen LogP contribution in [0.2, 0.25) is 10.0 Å². The van der Waals surface area contributed by atoms with Crippen molar-refractivity contribution in [2.24, 2.45) is 0 Å². The quantitative estimate of drug-likeness (QED) is 0.482. The highest BCUT2D eigenvalue weighted by Crippen LogP contribution is 2.27. The molecular weight excluding hydrogens is 397 g/mol. The molecule has 0 spiro atoms. The summed E-state index contributed by atoms with van der Waals surface area (Å²) >= 11 is 11.9. The highest BCUT2D eigenvalue weighted by molar-refractivity contribution is 6.35. The highest BCUT2D eigenvalue weighted by atomic mass is 35.5. The van der Waals surface area contributed by atoms with Crippen LogP contribution >= 0.6 is 23.2 Å². The maximum Gasteiger partial charge on any atom is 0.262 e. The molecule has 4 rings (SSSR count).